The Morgan fingerprint density at radius 1 is 1.26 bits per heavy atom. The number of nitrogens with one attached hydrogen (secondary N) is 1. The predicted molar refractivity (Wildman–Crippen MR) is 87.4 cm³/mol. The zero-order chi connectivity index (χ0) is 15.6. The molecule has 0 atom stereocenters. The van der Waals surface area contributed by atoms with Crippen molar-refractivity contribution in [2.45, 2.75) is 5.92 Å². The zero-order valence-corrected chi connectivity index (χ0v) is 13.0. The van der Waals surface area contributed by atoms with Crippen molar-refractivity contribution >= 4 is 23.1 Å². The van der Waals surface area contributed by atoms with E-state index in [1.165, 1.54) is 0 Å². The van der Waals surface area contributed by atoms with Gasteiger partial charge < -0.3 is 14.7 Å². The third kappa shape index (κ3) is 2.83. The number of carbonyl (C=O) groups excluding carboxylic acids is 1. The Kier molecular flexibility index (Phi) is 3.55. The summed E-state index contributed by atoms with van der Waals surface area (Å²) < 4.78 is 5.32. The number of para-hydroxylation sites is 1. The number of likely N-dealkylation sites (tertiary alicyclic amines) is 1. The van der Waals surface area contributed by atoms with Crippen LogP contribution < -0.4 is 5.32 Å². The van der Waals surface area contributed by atoms with Gasteiger partial charge in [-0.3, -0.25) is 0 Å². The highest BCUT2D eigenvalue weighted by Gasteiger charge is 2.35. The van der Waals surface area contributed by atoms with Crippen molar-refractivity contribution in [3.05, 3.63) is 53.0 Å². The molecule has 2 aromatic heterocycles. The maximum Gasteiger partial charge on any atom is 0.321 e. The van der Waals surface area contributed by atoms with E-state index in [9.17, 15) is 4.79 Å². The molecule has 1 aliphatic rings. The number of nitrogens with zero attached hydrogens (tertiary/aromatic N) is 3. The van der Waals surface area contributed by atoms with Crippen molar-refractivity contribution in [2.75, 3.05) is 18.4 Å². The van der Waals surface area contributed by atoms with Gasteiger partial charge >= 0.3 is 6.03 Å². The van der Waals surface area contributed by atoms with Gasteiger partial charge in [0.15, 0.2) is 0 Å². The highest BCUT2D eigenvalue weighted by Crippen LogP contribution is 2.28. The van der Waals surface area contributed by atoms with Crippen LogP contribution in [0.2, 0.25) is 0 Å². The zero-order valence-electron chi connectivity index (χ0n) is 12.2. The Hall–Kier alpha value is -2.67. The molecule has 3 heterocycles. The van der Waals surface area contributed by atoms with Crippen molar-refractivity contribution in [3.63, 3.8) is 0 Å². The molecule has 1 saturated heterocycles. The molecule has 0 radical (unpaired) electrons. The second-order valence-corrected chi connectivity index (χ2v) is 6.15. The van der Waals surface area contributed by atoms with E-state index in [0.29, 0.717) is 24.8 Å². The van der Waals surface area contributed by atoms with Crippen LogP contribution in [0, 0.1) is 0 Å². The minimum absolute atomic E-state index is 0.106. The summed E-state index contributed by atoms with van der Waals surface area (Å²) >= 11 is 1.59. The second kappa shape index (κ2) is 5.85. The van der Waals surface area contributed by atoms with E-state index < -0.39 is 0 Å². The van der Waals surface area contributed by atoms with Gasteiger partial charge in [0.1, 0.15) is 0 Å². The van der Waals surface area contributed by atoms with Crippen LogP contribution in [0.1, 0.15) is 11.8 Å². The Balaban J connectivity index is 1.35. The van der Waals surface area contributed by atoms with Crippen LogP contribution in [0.3, 0.4) is 0 Å². The summed E-state index contributed by atoms with van der Waals surface area (Å²) in [4.78, 5) is 18.3. The monoisotopic (exact) mass is 326 g/mol. The summed E-state index contributed by atoms with van der Waals surface area (Å²) in [6, 6.07) is 11.3. The highest BCUT2D eigenvalue weighted by molar-refractivity contribution is 7.08. The molecule has 23 heavy (non-hydrogen) atoms. The molecule has 1 N–H and O–H groups in total. The normalized spacial score (nSPS) is 14.5. The van der Waals surface area contributed by atoms with Crippen molar-refractivity contribution in [1.29, 1.82) is 0 Å². The predicted octanol–water partition coefficient (Wildman–Crippen LogP) is 3.43. The average molecular weight is 326 g/mol. The van der Waals surface area contributed by atoms with Gasteiger partial charge in [-0.05, 0) is 23.6 Å². The van der Waals surface area contributed by atoms with Crippen LogP contribution in [0.25, 0.3) is 11.4 Å². The van der Waals surface area contributed by atoms with Crippen LogP contribution in [-0.2, 0) is 0 Å². The Bertz CT molecular complexity index is 795. The number of hydrogen-bond donors (Lipinski definition) is 1. The number of thiophene rings is 1. The molecule has 1 aromatic carbocycles. The van der Waals surface area contributed by atoms with E-state index in [-0.39, 0.29) is 11.9 Å². The third-order valence-corrected chi connectivity index (χ3v) is 4.45. The van der Waals surface area contributed by atoms with Crippen LogP contribution in [-0.4, -0.2) is 34.2 Å². The molecule has 4 rings (SSSR count). The average Bonchev–Trinajstić information content (AvgIpc) is 3.17. The molecule has 0 spiro atoms. The summed E-state index contributed by atoms with van der Waals surface area (Å²) in [6.45, 7) is 1.17. The smallest absolute Gasteiger partial charge is 0.321 e. The number of urea groups is 1. The fourth-order valence-corrected chi connectivity index (χ4v) is 3.07. The SMILES string of the molecule is O=C(Nc1ccccc1)N1CC(c2nc(-c3ccsc3)no2)C1. The first kappa shape index (κ1) is 14.0. The van der Waals surface area contributed by atoms with Crippen LogP contribution in [0.4, 0.5) is 10.5 Å². The number of aromatic nitrogens is 2. The fourth-order valence-electron chi connectivity index (χ4n) is 2.43. The van der Waals surface area contributed by atoms with Crippen molar-refractivity contribution in [3.8, 4) is 11.4 Å². The molecule has 3 aromatic rings. The second-order valence-electron chi connectivity index (χ2n) is 5.37. The Morgan fingerprint density at radius 3 is 2.83 bits per heavy atom. The molecular weight excluding hydrogens is 312 g/mol. The lowest BCUT2D eigenvalue weighted by Gasteiger charge is -2.36. The van der Waals surface area contributed by atoms with E-state index >= 15 is 0 Å². The summed E-state index contributed by atoms with van der Waals surface area (Å²) in [5.41, 5.74) is 1.75. The van der Waals surface area contributed by atoms with Gasteiger partial charge in [-0.1, -0.05) is 23.4 Å². The van der Waals surface area contributed by atoms with E-state index in [1.54, 1.807) is 16.2 Å². The number of hydrogen-bond acceptors (Lipinski definition) is 5. The van der Waals surface area contributed by atoms with Crippen molar-refractivity contribution in [2.24, 2.45) is 0 Å². The van der Waals surface area contributed by atoms with E-state index in [0.717, 1.165) is 11.3 Å². The number of amides is 2. The molecular formula is C16H14N4O2S. The molecule has 0 unspecified atom stereocenters. The molecule has 1 aliphatic heterocycles. The molecule has 1 fully saturated rings. The van der Waals surface area contributed by atoms with Gasteiger partial charge in [-0.15, -0.1) is 0 Å². The first-order valence-electron chi connectivity index (χ1n) is 7.27. The maximum absolute atomic E-state index is 12.1. The van der Waals surface area contributed by atoms with E-state index in [2.05, 4.69) is 15.5 Å². The van der Waals surface area contributed by atoms with Crippen molar-refractivity contribution < 1.29 is 9.32 Å². The van der Waals surface area contributed by atoms with E-state index in [4.69, 9.17) is 4.52 Å². The van der Waals surface area contributed by atoms with Gasteiger partial charge in [0.05, 0.1) is 5.92 Å². The van der Waals surface area contributed by atoms with Gasteiger partial charge in [-0.25, -0.2) is 4.79 Å². The lowest BCUT2D eigenvalue weighted by Crippen LogP contribution is -2.50. The van der Waals surface area contributed by atoms with E-state index in [1.807, 2.05) is 47.2 Å². The van der Waals surface area contributed by atoms with Gasteiger partial charge in [0.2, 0.25) is 11.7 Å². The van der Waals surface area contributed by atoms with Gasteiger partial charge in [-0.2, -0.15) is 16.3 Å². The minimum Gasteiger partial charge on any atom is -0.339 e. The maximum atomic E-state index is 12.1. The number of benzene rings is 1. The summed E-state index contributed by atoms with van der Waals surface area (Å²) in [5.74, 6) is 1.31. The molecule has 6 nitrogen and oxygen atoms in total. The first-order valence-corrected chi connectivity index (χ1v) is 8.21. The summed E-state index contributed by atoms with van der Waals surface area (Å²) in [5, 5.41) is 10.8. The van der Waals surface area contributed by atoms with Gasteiger partial charge in [0.25, 0.3) is 0 Å². The fraction of sp³-hybridized carbons (Fsp3) is 0.188. The molecule has 7 heteroatoms. The minimum atomic E-state index is -0.106. The van der Waals surface area contributed by atoms with Gasteiger partial charge in [0, 0.05) is 29.7 Å². The number of rotatable bonds is 3. The van der Waals surface area contributed by atoms with Crippen LogP contribution >= 0.6 is 11.3 Å². The molecule has 0 aliphatic carbocycles. The third-order valence-electron chi connectivity index (χ3n) is 3.76. The van der Waals surface area contributed by atoms with Crippen LogP contribution in [0.5, 0.6) is 0 Å². The van der Waals surface area contributed by atoms with Crippen molar-refractivity contribution in [1.82, 2.24) is 15.0 Å². The standard InChI is InChI=1S/C16H14N4O2S/c21-16(17-13-4-2-1-3-5-13)20-8-12(9-20)15-18-14(19-22-15)11-6-7-23-10-11/h1-7,10,12H,8-9H2,(H,17,21). The highest BCUT2D eigenvalue weighted by atomic mass is 32.1. The quantitative estimate of drug-likeness (QED) is 0.800. The number of anilines is 1. The molecule has 2 amide bonds. The molecule has 116 valence electrons. The molecule has 0 bridgehead atoms. The largest absolute Gasteiger partial charge is 0.339 e. The first-order chi connectivity index (χ1) is 11.3. The topological polar surface area (TPSA) is 71.3 Å². The van der Waals surface area contributed by atoms with Crippen LogP contribution in [0.15, 0.2) is 51.7 Å². The Labute approximate surface area is 136 Å². The lowest BCUT2D eigenvalue weighted by molar-refractivity contribution is 0.147. The Morgan fingerprint density at radius 2 is 2.09 bits per heavy atom. The lowest BCUT2D eigenvalue weighted by atomic mass is 10.0. The summed E-state index contributed by atoms with van der Waals surface area (Å²) in [7, 11) is 0. The summed E-state index contributed by atoms with van der Waals surface area (Å²) in [6.07, 6.45) is 0. The molecule has 0 saturated carbocycles. The number of carbonyl (C=O) groups is 1.